The summed E-state index contributed by atoms with van der Waals surface area (Å²) in [6.07, 6.45) is 1.64. The van der Waals surface area contributed by atoms with Crippen molar-refractivity contribution in [3.63, 3.8) is 0 Å². The van der Waals surface area contributed by atoms with Crippen LogP contribution in [0.4, 0.5) is 0 Å². The lowest BCUT2D eigenvalue weighted by Gasteiger charge is -2.04. The molecule has 0 saturated heterocycles. The lowest BCUT2D eigenvalue weighted by Crippen LogP contribution is -1.97. The van der Waals surface area contributed by atoms with E-state index in [-0.39, 0.29) is 5.78 Å². The van der Waals surface area contributed by atoms with Crippen molar-refractivity contribution in [3.05, 3.63) is 36.2 Å². The lowest BCUT2D eigenvalue weighted by molar-refractivity contribution is 0.101. The van der Waals surface area contributed by atoms with Crippen molar-refractivity contribution in [1.82, 2.24) is 4.98 Å². The highest BCUT2D eigenvalue weighted by Gasteiger charge is 2.07. The topological polar surface area (TPSA) is 39.2 Å². The average molecular weight is 201 g/mol. The van der Waals surface area contributed by atoms with Crippen molar-refractivity contribution in [1.29, 1.82) is 0 Å². The first-order valence-electron chi connectivity index (χ1n) is 4.66. The zero-order valence-electron chi connectivity index (χ0n) is 8.65. The van der Waals surface area contributed by atoms with Gasteiger partial charge in [0.1, 0.15) is 11.4 Å². The number of Topliss-reactive ketones (excluding diaryl/α,β-unsaturated/α-hetero) is 1. The molecule has 76 valence electrons. The molecule has 0 unspecified atom stereocenters. The molecule has 0 saturated carbocycles. The van der Waals surface area contributed by atoms with Gasteiger partial charge < -0.3 is 4.74 Å². The Morgan fingerprint density at radius 2 is 2.13 bits per heavy atom. The van der Waals surface area contributed by atoms with Gasteiger partial charge in [-0.1, -0.05) is 6.07 Å². The number of benzene rings is 1. The Morgan fingerprint density at radius 1 is 1.33 bits per heavy atom. The Bertz CT molecular complexity index is 520. The smallest absolute Gasteiger partial charge is 0.178 e. The molecule has 0 N–H and O–H groups in total. The van der Waals surface area contributed by atoms with E-state index in [9.17, 15) is 4.79 Å². The van der Waals surface area contributed by atoms with E-state index < -0.39 is 0 Å². The Kier molecular flexibility index (Phi) is 2.37. The molecule has 2 rings (SSSR count). The Morgan fingerprint density at radius 3 is 2.80 bits per heavy atom. The van der Waals surface area contributed by atoms with Gasteiger partial charge in [0.15, 0.2) is 5.78 Å². The van der Waals surface area contributed by atoms with Gasteiger partial charge in [-0.2, -0.15) is 0 Å². The highest BCUT2D eigenvalue weighted by atomic mass is 16.5. The number of carbonyl (C=O) groups is 1. The summed E-state index contributed by atoms with van der Waals surface area (Å²) in [6, 6.07) is 7.49. The fraction of sp³-hybridized carbons (Fsp3) is 0.167. The van der Waals surface area contributed by atoms with E-state index in [1.807, 2.05) is 24.3 Å². The molecule has 0 fully saturated rings. The van der Waals surface area contributed by atoms with Crippen molar-refractivity contribution < 1.29 is 9.53 Å². The molecule has 0 aliphatic heterocycles. The Hall–Kier alpha value is -1.90. The largest absolute Gasteiger partial charge is 0.497 e. The predicted octanol–water partition coefficient (Wildman–Crippen LogP) is 2.45. The molecule has 0 radical (unpaired) electrons. The molecule has 2 aromatic rings. The van der Waals surface area contributed by atoms with Crippen molar-refractivity contribution in [2.75, 3.05) is 7.11 Å². The number of ketones is 1. The second kappa shape index (κ2) is 3.69. The van der Waals surface area contributed by atoms with E-state index in [1.165, 1.54) is 6.92 Å². The quantitative estimate of drug-likeness (QED) is 0.700. The van der Waals surface area contributed by atoms with Gasteiger partial charge in [0.2, 0.25) is 0 Å². The van der Waals surface area contributed by atoms with Gasteiger partial charge in [-0.15, -0.1) is 0 Å². The molecule has 1 aromatic carbocycles. The number of nitrogens with zero attached hydrogens (tertiary/aromatic N) is 1. The van der Waals surface area contributed by atoms with E-state index >= 15 is 0 Å². The van der Waals surface area contributed by atoms with Crippen molar-refractivity contribution in [2.24, 2.45) is 0 Å². The number of fused-ring (bicyclic) bond motifs is 1. The lowest BCUT2D eigenvalue weighted by atomic mass is 10.1. The number of hydrogen-bond donors (Lipinski definition) is 0. The Balaban J connectivity index is 2.76. The monoisotopic (exact) mass is 201 g/mol. The second-order valence-corrected chi connectivity index (χ2v) is 3.30. The van der Waals surface area contributed by atoms with Crippen LogP contribution in [0.2, 0.25) is 0 Å². The maximum atomic E-state index is 11.4. The minimum atomic E-state index is -0.0335. The van der Waals surface area contributed by atoms with Crippen LogP contribution < -0.4 is 4.74 Å². The summed E-state index contributed by atoms with van der Waals surface area (Å²) in [4.78, 5) is 15.4. The predicted molar refractivity (Wildman–Crippen MR) is 58.3 cm³/mol. The van der Waals surface area contributed by atoms with Gasteiger partial charge in [0, 0.05) is 18.5 Å². The molecule has 1 aromatic heterocycles. The number of pyridine rings is 1. The molecular formula is C12H11NO2. The molecule has 0 aliphatic rings. The van der Waals surface area contributed by atoms with E-state index in [0.717, 1.165) is 16.5 Å². The van der Waals surface area contributed by atoms with Crippen LogP contribution in [0.3, 0.4) is 0 Å². The molecule has 3 nitrogen and oxygen atoms in total. The van der Waals surface area contributed by atoms with Crippen molar-refractivity contribution in [2.45, 2.75) is 6.92 Å². The van der Waals surface area contributed by atoms with Crippen LogP contribution in [0.5, 0.6) is 5.75 Å². The van der Waals surface area contributed by atoms with Gasteiger partial charge in [-0.25, -0.2) is 0 Å². The minimum absolute atomic E-state index is 0.0335. The van der Waals surface area contributed by atoms with Crippen LogP contribution in [0, 0.1) is 0 Å². The number of rotatable bonds is 2. The maximum Gasteiger partial charge on any atom is 0.178 e. The summed E-state index contributed by atoms with van der Waals surface area (Å²) in [5, 5.41) is 1.83. The number of hydrogen-bond acceptors (Lipinski definition) is 3. The second-order valence-electron chi connectivity index (χ2n) is 3.30. The van der Waals surface area contributed by atoms with Gasteiger partial charge in [0.05, 0.1) is 7.11 Å². The van der Waals surface area contributed by atoms with Crippen molar-refractivity contribution in [3.8, 4) is 5.75 Å². The van der Waals surface area contributed by atoms with Gasteiger partial charge in [-0.05, 0) is 23.6 Å². The normalized spacial score (nSPS) is 10.3. The fourth-order valence-corrected chi connectivity index (χ4v) is 1.55. The van der Waals surface area contributed by atoms with Crippen LogP contribution in [-0.4, -0.2) is 17.9 Å². The highest BCUT2D eigenvalue weighted by Crippen LogP contribution is 2.22. The first-order valence-corrected chi connectivity index (χ1v) is 4.66. The summed E-state index contributed by atoms with van der Waals surface area (Å²) < 4.78 is 5.12. The first-order chi connectivity index (χ1) is 7.22. The van der Waals surface area contributed by atoms with Crippen LogP contribution in [0.25, 0.3) is 10.8 Å². The van der Waals surface area contributed by atoms with Gasteiger partial charge in [-0.3, -0.25) is 9.78 Å². The number of carbonyl (C=O) groups excluding carboxylic acids is 1. The molecule has 0 spiro atoms. The zero-order chi connectivity index (χ0) is 10.8. The van der Waals surface area contributed by atoms with Gasteiger partial charge in [0.25, 0.3) is 0 Å². The van der Waals surface area contributed by atoms with Crippen molar-refractivity contribution >= 4 is 16.6 Å². The summed E-state index contributed by atoms with van der Waals surface area (Å²) in [6.45, 7) is 1.52. The van der Waals surface area contributed by atoms with Crippen LogP contribution in [-0.2, 0) is 0 Å². The summed E-state index contributed by atoms with van der Waals surface area (Å²) >= 11 is 0. The molecule has 0 amide bonds. The van der Waals surface area contributed by atoms with Crippen LogP contribution >= 0.6 is 0 Å². The number of aromatic nitrogens is 1. The van der Waals surface area contributed by atoms with E-state index in [4.69, 9.17) is 4.74 Å². The maximum absolute atomic E-state index is 11.4. The fourth-order valence-electron chi connectivity index (χ4n) is 1.55. The van der Waals surface area contributed by atoms with Gasteiger partial charge >= 0.3 is 0 Å². The van der Waals surface area contributed by atoms with E-state index in [1.54, 1.807) is 13.3 Å². The average Bonchev–Trinajstić information content (AvgIpc) is 2.27. The third-order valence-corrected chi connectivity index (χ3v) is 2.31. The summed E-state index contributed by atoms with van der Waals surface area (Å²) in [7, 11) is 1.60. The third kappa shape index (κ3) is 1.68. The summed E-state index contributed by atoms with van der Waals surface area (Å²) in [5.74, 6) is 0.701. The van der Waals surface area contributed by atoms with Crippen LogP contribution in [0.15, 0.2) is 30.5 Å². The molecule has 3 heteroatoms. The molecule has 0 atom stereocenters. The first kappa shape index (κ1) is 9.65. The van der Waals surface area contributed by atoms with E-state index in [2.05, 4.69) is 4.98 Å². The van der Waals surface area contributed by atoms with Crippen LogP contribution in [0.1, 0.15) is 17.4 Å². The third-order valence-electron chi connectivity index (χ3n) is 2.31. The molecular weight excluding hydrogens is 190 g/mol. The number of ether oxygens (including phenoxy) is 1. The number of methoxy groups -OCH3 is 1. The highest BCUT2D eigenvalue weighted by molar-refractivity contribution is 6.05. The molecule has 0 aliphatic carbocycles. The Labute approximate surface area is 87.7 Å². The van der Waals surface area contributed by atoms with E-state index in [0.29, 0.717) is 5.69 Å². The molecule has 0 bridgehead atoms. The molecule has 15 heavy (non-hydrogen) atoms. The molecule has 1 heterocycles. The standard InChI is InChI=1S/C12H11NO2/c1-8(14)12-11-7-10(15-2)4-3-9(11)5-6-13-12/h3-7H,1-2H3. The SMILES string of the molecule is COc1ccc2ccnc(C(C)=O)c2c1. The zero-order valence-corrected chi connectivity index (χ0v) is 8.65. The summed E-state index contributed by atoms with van der Waals surface area (Å²) in [5.41, 5.74) is 0.492. The minimum Gasteiger partial charge on any atom is -0.497 e.